The van der Waals surface area contributed by atoms with Crippen LogP contribution in [0.25, 0.3) is 0 Å². The van der Waals surface area contributed by atoms with Crippen molar-refractivity contribution in [3.63, 3.8) is 0 Å². The maximum absolute atomic E-state index is 12.2. The molecule has 0 bridgehead atoms. The molecule has 0 aliphatic carbocycles. The van der Waals surface area contributed by atoms with Gasteiger partial charge in [-0.25, -0.2) is 0 Å². The minimum atomic E-state index is -0.0387. The average molecular weight is 313 g/mol. The SMILES string of the molecule is C[C@H](SCc1ccccc1)C(=O)NC[C@H](C)c1ccccc1. The molecule has 2 nitrogen and oxygen atoms in total. The zero-order valence-corrected chi connectivity index (χ0v) is 14.0. The van der Waals surface area contributed by atoms with Crippen LogP contribution in [-0.2, 0) is 10.5 Å². The number of amides is 1. The third-order valence-electron chi connectivity index (χ3n) is 3.66. The third kappa shape index (κ3) is 5.23. The van der Waals surface area contributed by atoms with Gasteiger partial charge in [-0.05, 0) is 24.0 Å². The fourth-order valence-corrected chi connectivity index (χ4v) is 3.04. The Morgan fingerprint density at radius 1 is 1.00 bits per heavy atom. The Bertz CT molecular complexity index is 571. The standard InChI is InChI=1S/C19H23NOS/c1-15(18-11-7-4-8-12-18)13-20-19(21)16(2)22-14-17-9-5-3-6-10-17/h3-12,15-16H,13-14H2,1-2H3,(H,20,21)/t15-,16-/m0/s1. The maximum atomic E-state index is 12.2. The maximum Gasteiger partial charge on any atom is 0.232 e. The van der Waals surface area contributed by atoms with E-state index in [-0.39, 0.29) is 11.2 Å². The van der Waals surface area contributed by atoms with Gasteiger partial charge in [0.25, 0.3) is 0 Å². The first-order chi connectivity index (χ1) is 10.7. The summed E-state index contributed by atoms with van der Waals surface area (Å²) in [6.45, 7) is 4.78. The van der Waals surface area contributed by atoms with Crippen LogP contribution < -0.4 is 5.32 Å². The Morgan fingerprint density at radius 2 is 1.59 bits per heavy atom. The first-order valence-corrected chi connectivity index (χ1v) is 8.70. The van der Waals surface area contributed by atoms with Crippen molar-refractivity contribution < 1.29 is 4.79 Å². The first-order valence-electron chi connectivity index (χ1n) is 7.65. The molecule has 22 heavy (non-hydrogen) atoms. The Kier molecular flexibility index (Phi) is 6.53. The summed E-state index contributed by atoms with van der Waals surface area (Å²) in [6, 6.07) is 20.5. The van der Waals surface area contributed by atoms with Gasteiger partial charge in [0, 0.05) is 12.3 Å². The summed E-state index contributed by atoms with van der Waals surface area (Å²) in [5.41, 5.74) is 2.51. The molecule has 0 saturated heterocycles. The van der Waals surface area contributed by atoms with Crippen molar-refractivity contribution >= 4 is 17.7 Å². The highest BCUT2D eigenvalue weighted by Gasteiger charge is 2.14. The molecule has 0 unspecified atom stereocenters. The lowest BCUT2D eigenvalue weighted by molar-refractivity contribution is -0.120. The summed E-state index contributed by atoms with van der Waals surface area (Å²) >= 11 is 1.67. The van der Waals surface area contributed by atoms with Crippen molar-refractivity contribution in [1.29, 1.82) is 0 Å². The van der Waals surface area contributed by atoms with Crippen LogP contribution in [0.5, 0.6) is 0 Å². The van der Waals surface area contributed by atoms with E-state index in [2.05, 4.69) is 36.5 Å². The van der Waals surface area contributed by atoms with E-state index in [0.717, 1.165) is 5.75 Å². The van der Waals surface area contributed by atoms with Gasteiger partial charge in [-0.15, -0.1) is 11.8 Å². The summed E-state index contributed by atoms with van der Waals surface area (Å²) in [4.78, 5) is 12.2. The summed E-state index contributed by atoms with van der Waals surface area (Å²) in [5.74, 6) is 1.31. The molecule has 2 rings (SSSR count). The van der Waals surface area contributed by atoms with Crippen molar-refractivity contribution in [2.24, 2.45) is 0 Å². The number of nitrogens with one attached hydrogen (secondary N) is 1. The van der Waals surface area contributed by atoms with Gasteiger partial charge in [-0.3, -0.25) is 4.79 Å². The van der Waals surface area contributed by atoms with Gasteiger partial charge in [0.1, 0.15) is 0 Å². The normalized spacial score (nSPS) is 13.4. The smallest absolute Gasteiger partial charge is 0.232 e. The number of hydrogen-bond donors (Lipinski definition) is 1. The number of benzene rings is 2. The molecular formula is C19H23NOS. The highest BCUT2D eigenvalue weighted by atomic mass is 32.2. The molecule has 0 aliphatic heterocycles. The van der Waals surface area contributed by atoms with Gasteiger partial charge in [0.05, 0.1) is 5.25 Å². The quantitative estimate of drug-likeness (QED) is 0.829. The molecule has 2 atom stereocenters. The number of carbonyl (C=O) groups is 1. The molecule has 0 saturated carbocycles. The molecule has 2 aromatic rings. The number of hydrogen-bond acceptors (Lipinski definition) is 2. The Balaban J connectivity index is 1.74. The van der Waals surface area contributed by atoms with Gasteiger partial charge in [0.15, 0.2) is 0 Å². The van der Waals surface area contributed by atoms with Crippen LogP contribution in [0.15, 0.2) is 60.7 Å². The van der Waals surface area contributed by atoms with Gasteiger partial charge in [-0.1, -0.05) is 67.6 Å². The number of rotatable bonds is 7. The third-order valence-corrected chi connectivity index (χ3v) is 4.88. The molecule has 1 amide bonds. The van der Waals surface area contributed by atoms with Crippen LogP contribution in [0.1, 0.15) is 30.9 Å². The summed E-state index contributed by atoms with van der Waals surface area (Å²) in [6.07, 6.45) is 0. The van der Waals surface area contributed by atoms with E-state index >= 15 is 0 Å². The van der Waals surface area contributed by atoms with Crippen LogP contribution >= 0.6 is 11.8 Å². The van der Waals surface area contributed by atoms with Gasteiger partial charge in [-0.2, -0.15) is 0 Å². The fourth-order valence-electron chi connectivity index (χ4n) is 2.17. The second kappa shape index (κ2) is 8.64. The van der Waals surface area contributed by atoms with Crippen LogP contribution in [-0.4, -0.2) is 17.7 Å². The van der Waals surface area contributed by atoms with Crippen molar-refractivity contribution in [2.75, 3.05) is 6.54 Å². The molecule has 0 heterocycles. The average Bonchev–Trinajstić information content (AvgIpc) is 2.58. The van der Waals surface area contributed by atoms with Gasteiger partial charge < -0.3 is 5.32 Å². The monoisotopic (exact) mass is 313 g/mol. The molecule has 0 aromatic heterocycles. The van der Waals surface area contributed by atoms with Gasteiger partial charge >= 0.3 is 0 Å². The lowest BCUT2D eigenvalue weighted by Crippen LogP contribution is -2.33. The molecule has 2 aromatic carbocycles. The van der Waals surface area contributed by atoms with E-state index in [0.29, 0.717) is 12.5 Å². The number of carbonyl (C=O) groups excluding carboxylic acids is 1. The molecule has 0 radical (unpaired) electrons. The first kappa shape index (κ1) is 16.6. The lowest BCUT2D eigenvalue weighted by atomic mass is 10.0. The van der Waals surface area contributed by atoms with Crippen LogP contribution in [0.2, 0.25) is 0 Å². The van der Waals surface area contributed by atoms with E-state index in [1.54, 1.807) is 11.8 Å². The summed E-state index contributed by atoms with van der Waals surface area (Å²) in [5, 5.41) is 3.02. The highest BCUT2D eigenvalue weighted by Crippen LogP contribution is 2.18. The predicted molar refractivity (Wildman–Crippen MR) is 95.1 cm³/mol. The van der Waals surface area contributed by atoms with Gasteiger partial charge in [0.2, 0.25) is 5.91 Å². The Labute approximate surface area is 137 Å². The molecule has 116 valence electrons. The second-order valence-corrected chi connectivity index (χ2v) is 6.82. The van der Waals surface area contributed by atoms with Crippen molar-refractivity contribution in [2.45, 2.75) is 30.8 Å². The van der Waals surface area contributed by atoms with Crippen LogP contribution in [0.4, 0.5) is 0 Å². The molecule has 0 fully saturated rings. The van der Waals surface area contributed by atoms with E-state index in [4.69, 9.17) is 0 Å². The van der Waals surface area contributed by atoms with Crippen molar-refractivity contribution in [3.05, 3.63) is 71.8 Å². The van der Waals surface area contributed by atoms with E-state index in [9.17, 15) is 4.79 Å². The number of thioether (sulfide) groups is 1. The molecule has 3 heteroatoms. The topological polar surface area (TPSA) is 29.1 Å². The second-order valence-electron chi connectivity index (χ2n) is 5.50. The van der Waals surface area contributed by atoms with Crippen molar-refractivity contribution in [1.82, 2.24) is 5.32 Å². The fraction of sp³-hybridized carbons (Fsp3) is 0.316. The lowest BCUT2D eigenvalue weighted by Gasteiger charge is -2.16. The largest absolute Gasteiger partial charge is 0.355 e. The zero-order valence-electron chi connectivity index (χ0n) is 13.2. The minimum Gasteiger partial charge on any atom is -0.355 e. The van der Waals surface area contributed by atoms with E-state index < -0.39 is 0 Å². The van der Waals surface area contributed by atoms with Crippen LogP contribution in [0.3, 0.4) is 0 Å². The minimum absolute atomic E-state index is 0.0387. The van der Waals surface area contributed by atoms with E-state index in [1.165, 1.54) is 11.1 Å². The van der Waals surface area contributed by atoms with Crippen molar-refractivity contribution in [3.8, 4) is 0 Å². The predicted octanol–water partition coefficient (Wildman–Crippen LogP) is 4.23. The Hall–Kier alpha value is -1.74. The summed E-state index contributed by atoms with van der Waals surface area (Å²) < 4.78 is 0. The Morgan fingerprint density at radius 3 is 2.23 bits per heavy atom. The summed E-state index contributed by atoms with van der Waals surface area (Å²) in [7, 11) is 0. The molecule has 0 spiro atoms. The molecular weight excluding hydrogens is 290 g/mol. The zero-order chi connectivity index (χ0) is 15.8. The molecule has 0 aliphatic rings. The van der Waals surface area contributed by atoms with Crippen LogP contribution in [0, 0.1) is 0 Å². The highest BCUT2D eigenvalue weighted by molar-refractivity contribution is 7.99. The molecule has 1 N–H and O–H groups in total. The van der Waals surface area contributed by atoms with E-state index in [1.807, 2.05) is 43.3 Å².